The normalized spacial score (nSPS) is 10.4. The van der Waals surface area contributed by atoms with Gasteiger partial charge in [-0.1, -0.05) is 13.8 Å². The molecule has 0 radical (unpaired) electrons. The van der Waals surface area contributed by atoms with Gasteiger partial charge in [-0.05, 0) is 30.2 Å². The summed E-state index contributed by atoms with van der Waals surface area (Å²) in [5.41, 5.74) is 1.00. The molecule has 1 aromatic rings. The van der Waals surface area contributed by atoms with Crippen LogP contribution in [0.2, 0.25) is 0 Å². The molecule has 3 heteroatoms. The maximum absolute atomic E-state index is 8.64. The molecule has 1 rings (SSSR count). The Kier molecular flexibility index (Phi) is 4.98. The van der Waals surface area contributed by atoms with Crippen LogP contribution in [0, 0.1) is 5.92 Å². The summed E-state index contributed by atoms with van der Waals surface area (Å²) in [6.07, 6.45) is 0. The summed E-state index contributed by atoms with van der Waals surface area (Å²) in [5, 5.41) is 11.7. The van der Waals surface area contributed by atoms with Gasteiger partial charge in [0, 0.05) is 12.2 Å². The number of aliphatic hydroxyl groups excluding tert-OH is 1. The van der Waals surface area contributed by atoms with Crippen molar-refractivity contribution in [3.8, 4) is 5.75 Å². The molecule has 1 aromatic carbocycles. The Hall–Kier alpha value is -1.22. The Morgan fingerprint density at radius 3 is 2.47 bits per heavy atom. The molecule has 0 bridgehead atoms. The van der Waals surface area contributed by atoms with Gasteiger partial charge in [-0.2, -0.15) is 0 Å². The Labute approximate surface area is 91.1 Å². The molecule has 0 fully saturated rings. The third-order valence-corrected chi connectivity index (χ3v) is 1.88. The molecule has 2 N–H and O–H groups in total. The highest BCUT2D eigenvalue weighted by atomic mass is 16.5. The fraction of sp³-hybridized carbons (Fsp3) is 0.500. The van der Waals surface area contributed by atoms with Crippen molar-refractivity contribution in [3.05, 3.63) is 24.3 Å². The zero-order chi connectivity index (χ0) is 11.1. The number of ether oxygens (including phenoxy) is 1. The van der Waals surface area contributed by atoms with Crippen LogP contribution < -0.4 is 10.1 Å². The third-order valence-electron chi connectivity index (χ3n) is 1.88. The minimum atomic E-state index is 0.144. The lowest BCUT2D eigenvalue weighted by molar-refractivity contribution is 0.271. The summed E-state index contributed by atoms with van der Waals surface area (Å²) in [6, 6.07) is 7.76. The summed E-state index contributed by atoms with van der Waals surface area (Å²) < 4.78 is 5.55. The number of anilines is 1. The molecule has 0 atom stereocenters. The van der Waals surface area contributed by atoms with E-state index in [9.17, 15) is 0 Å². The van der Waals surface area contributed by atoms with E-state index in [4.69, 9.17) is 9.84 Å². The Morgan fingerprint density at radius 1 is 1.27 bits per heavy atom. The number of hydrogen-bond donors (Lipinski definition) is 2. The quantitative estimate of drug-likeness (QED) is 0.754. The monoisotopic (exact) mass is 209 g/mol. The van der Waals surface area contributed by atoms with Crippen LogP contribution in [0.25, 0.3) is 0 Å². The van der Waals surface area contributed by atoms with Crippen LogP contribution in [0.1, 0.15) is 13.8 Å². The first-order valence-electron chi connectivity index (χ1n) is 5.30. The van der Waals surface area contributed by atoms with Crippen LogP contribution in [0.4, 0.5) is 5.69 Å². The van der Waals surface area contributed by atoms with Gasteiger partial charge in [0.05, 0.1) is 13.2 Å². The van der Waals surface area contributed by atoms with E-state index >= 15 is 0 Å². The van der Waals surface area contributed by atoms with Gasteiger partial charge in [-0.15, -0.1) is 0 Å². The number of nitrogens with one attached hydrogen (secondary N) is 1. The fourth-order valence-electron chi connectivity index (χ4n) is 1.13. The van der Waals surface area contributed by atoms with Gasteiger partial charge >= 0.3 is 0 Å². The topological polar surface area (TPSA) is 41.5 Å². The highest BCUT2D eigenvalue weighted by Crippen LogP contribution is 2.15. The van der Waals surface area contributed by atoms with Crippen molar-refractivity contribution in [1.29, 1.82) is 0 Å². The minimum absolute atomic E-state index is 0.144. The van der Waals surface area contributed by atoms with Crippen molar-refractivity contribution in [2.24, 2.45) is 5.92 Å². The molecule has 15 heavy (non-hydrogen) atoms. The standard InChI is InChI=1S/C12H19NO2/c1-10(2)9-15-12-5-3-11(4-6-12)13-7-8-14/h3-6,10,13-14H,7-9H2,1-2H3. The molecule has 3 nitrogen and oxygen atoms in total. The molecule has 84 valence electrons. The highest BCUT2D eigenvalue weighted by Gasteiger charge is 1.97. The molecule has 0 saturated carbocycles. The number of aliphatic hydroxyl groups is 1. The predicted molar refractivity (Wildman–Crippen MR) is 62.4 cm³/mol. The van der Waals surface area contributed by atoms with Crippen molar-refractivity contribution in [1.82, 2.24) is 0 Å². The van der Waals surface area contributed by atoms with Crippen molar-refractivity contribution in [2.45, 2.75) is 13.8 Å². The smallest absolute Gasteiger partial charge is 0.119 e. The molecule has 0 spiro atoms. The lowest BCUT2D eigenvalue weighted by Gasteiger charge is -2.09. The molecule has 0 aromatic heterocycles. The Bertz CT molecular complexity index is 269. The number of hydrogen-bond acceptors (Lipinski definition) is 3. The minimum Gasteiger partial charge on any atom is -0.493 e. The largest absolute Gasteiger partial charge is 0.493 e. The zero-order valence-electron chi connectivity index (χ0n) is 9.36. The summed E-state index contributed by atoms with van der Waals surface area (Å²) in [7, 11) is 0. The van der Waals surface area contributed by atoms with E-state index < -0.39 is 0 Å². The van der Waals surface area contributed by atoms with Crippen LogP contribution >= 0.6 is 0 Å². The van der Waals surface area contributed by atoms with Crippen LogP contribution in [0.3, 0.4) is 0 Å². The van der Waals surface area contributed by atoms with Crippen LogP contribution in [-0.2, 0) is 0 Å². The lowest BCUT2D eigenvalue weighted by atomic mass is 10.2. The second-order valence-electron chi connectivity index (χ2n) is 3.88. The van der Waals surface area contributed by atoms with Gasteiger partial charge in [0.2, 0.25) is 0 Å². The summed E-state index contributed by atoms with van der Waals surface area (Å²) >= 11 is 0. The maximum Gasteiger partial charge on any atom is 0.119 e. The van der Waals surface area contributed by atoms with Crippen molar-refractivity contribution in [2.75, 3.05) is 25.1 Å². The van der Waals surface area contributed by atoms with E-state index in [-0.39, 0.29) is 6.61 Å². The first kappa shape index (κ1) is 11.9. The first-order valence-corrected chi connectivity index (χ1v) is 5.30. The summed E-state index contributed by atoms with van der Waals surface area (Å²) in [4.78, 5) is 0. The molecule has 0 heterocycles. The van der Waals surface area contributed by atoms with Crippen LogP contribution in [-0.4, -0.2) is 24.9 Å². The number of benzene rings is 1. The average Bonchev–Trinajstić information content (AvgIpc) is 2.25. The van der Waals surface area contributed by atoms with Gasteiger partial charge < -0.3 is 15.2 Å². The zero-order valence-corrected chi connectivity index (χ0v) is 9.36. The van der Waals surface area contributed by atoms with Gasteiger partial charge in [0.1, 0.15) is 5.75 Å². The first-order chi connectivity index (χ1) is 7.22. The second-order valence-corrected chi connectivity index (χ2v) is 3.88. The maximum atomic E-state index is 8.64. The van der Waals surface area contributed by atoms with Gasteiger partial charge in [0.15, 0.2) is 0 Å². The van der Waals surface area contributed by atoms with E-state index in [0.29, 0.717) is 12.5 Å². The van der Waals surface area contributed by atoms with E-state index in [1.54, 1.807) is 0 Å². The molecule has 0 amide bonds. The molecular weight excluding hydrogens is 190 g/mol. The van der Waals surface area contributed by atoms with Crippen molar-refractivity contribution >= 4 is 5.69 Å². The van der Waals surface area contributed by atoms with Gasteiger partial charge in [0.25, 0.3) is 0 Å². The highest BCUT2D eigenvalue weighted by molar-refractivity contribution is 5.46. The van der Waals surface area contributed by atoms with E-state index in [1.165, 1.54) is 0 Å². The van der Waals surface area contributed by atoms with E-state index in [2.05, 4.69) is 19.2 Å². The van der Waals surface area contributed by atoms with Crippen LogP contribution in [0.15, 0.2) is 24.3 Å². The van der Waals surface area contributed by atoms with E-state index in [0.717, 1.165) is 18.0 Å². The van der Waals surface area contributed by atoms with Crippen LogP contribution in [0.5, 0.6) is 5.75 Å². The number of rotatable bonds is 6. The Balaban J connectivity index is 2.41. The predicted octanol–water partition coefficient (Wildman–Crippen LogP) is 2.13. The third kappa shape index (κ3) is 4.70. The summed E-state index contributed by atoms with van der Waals surface area (Å²) in [5.74, 6) is 1.43. The molecule has 0 saturated heterocycles. The molecule has 0 unspecified atom stereocenters. The van der Waals surface area contributed by atoms with Gasteiger partial charge in [-0.25, -0.2) is 0 Å². The van der Waals surface area contributed by atoms with Crippen molar-refractivity contribution < 1.29 is 9.84 Å². The molecular formula is C12H19NO2. The van der Waals surface area contributed by atoms with E-state index in [1.807, 2.05) is 24.3 Å². The van der Waals surface area contributed by atoms with Gasteiger partial charge in [-0.3, -0.25) is 0 Å². The molecule has 0 aliphatic rings. The Morgan fingerprint density at radius 2 is 1.93 bits per heavy atom. The second kappa shape index (κ2) is 6.30. The fourth-order valence-corrected chi connectivity index (χ4v) is 1.13. The SMILES string of the molecule is CC(C)COc1ccc(NCCO)cc1. The molecule has 0 aliphatic heterocycles. The lowest BCUT2D eigenvalue weighted by Crippen LogP contribution is -2.06. The average molecular weight is 209 g/mol. The summed E-state index contributed by atoms with van der Waals surface area (Å²) in [6.45, 7) is 5.70. The molecule has 0 aliphatic carbocycles. The van der Waals surface area contributed by atoms with Crippen molar-refractivity contribution in [3.63, 3.8) is 0 Å².